The number of hydrogen-bond donors (Lipinski definition) is 20. The highest BCUT2D eigenvalue weighted by Crippen LogP contribution is 2.26. The molecule has 100 heavy (non-hydrogen) atoms. The lowest BCUT2D eigenvalue weighted by Gasteiger charge is -2.30. The zero-order valence-electron chi connectivity index (χ0n) is 54.6. The molecule has 0 aromatic heterocycles. The van der Waals surface area contributed by atoms with Gasteiger partial charge in [0.05, 0.1) is 25.1 Å². The lowest BCUT2D eigenvalue weighted by atomic mass is 10.0. The number of likely N-dealkylation sites (tertiary alicyclic amines) is 1. The summed E-state index contributed by atoms with van der Waals surface area (Å²) < 4.78 is 0. The standard InChI is InChI=1S/C59H83N15O21S5/c1-26(47(82)63-29(4)50(85)73-46(30(5)75)57(92)62-22-44(79)67-40(25-99-100-96)54(89)71-39(59(94)95)20-32-10-14-34(77)15-11-32)66-56(91)42-7-6-18-74(42)58(93)38(21-43(61)78)70-55(90)41-24-98-97-23-35(60)51(86)64-27(2)48(83)68-36(16-17-45(80)81)52(87)69-37(19-31-8-12-33(76)13-9-31)53(88)65-28(3)49(84)72-41/h8-15,26-30,35-42,46,75-77,96H,6-7,16-25,60H2,1-5H3,(H2,61,78)(H,62,92)(H,63,82)(H,64,86)(H,65,88)(H,66,91)(H,67,79)(H,68,83)(H,69,87)(H,70,90)(H,71,89)(H,72,84)(H,73,85)(H,80,81)(H,94,95)/t26-,27-,28-,29-,30-,35-,36-,37-,38-,39-,40-,41-,42-,46-/m0/s1. The number of aliphatic hydroxyl groups is 1. The van der Waals surface area contributed by atoms with Crippen LogP contribution in [0.2, 0.25) is 0 Å². The van der Waals surface area contributed by atoms with Crippen LogP contribution in [-0.4, -0.2) is 240 Å². The number of carboxylic acid groups (broad SMARTS) is 2. The van der Waals surface area contributed by atoms with Crippen molar-refractivity contribution >= 4 is 149 Å². The van der Waals surface area contributed by atoms with E-state index < -0.39 is 205 Å². The van der Waals surface area contributed by atoms with Gasteiger partial charge in [0.15, 0.2) is 0 Å². The third-order valence-electron chi connectivity index (χ3n) is 15.1. The molecule has 0 aliphatic carbocycles. The van der Waals surface area contributed by atoms with Crippen molar-refractivity contribution in [3.8, 4) is 11.5 Å². The van der Waals surface area contributed by atoms with Crippen LogP contribution in [-0.2, 0) is 89.6 Å². The molecule has 14 atom stereocenters. The average molecular weight is 1500 g/mol. The minimum atomic E-state index is -1.79. The molecule has 2 aromatic carbocycles. The predicted octanol–water partition coefficient (Wildman–Crippen LogP) is -5.44. The average Bonchev–Trinajstić information content (AvgIpc) is 1.63. The van der Waals surface area contributed by atoms with Crippen LogP contribution < -0.4 is 75.3 Å². The Kier molecular flexibility index (Phi) is 34.4. The highest BCUT2D eigenvalue weighted by atomic mass is 33.5. The fourth-order valence-corrected chi connectivity index (χ4v) is 13.4. The number of carbonyl (C=O) groups is 16. The van der Waals surface area contributed by atoms with Crippen LogP contribution in [0.3, 0.4) is 0 Å². The molecule has 21 N–H and O–H groups in total. The lowest BCUT2D eigenvalue weighted by molar-refractivity contribution is -0.143. The van der Waals surface area contributed by atoms with E-state index in [0.717, 1.165) is 54.0 Å². The molecule has 0 bridgehead atoms. The molecule has 2 aliphatic heterocycles. The van der Waals surface area contributed by atoms with Gasteiger partial charge < -0.3 is 106 Å². The minimum absolute atomic E-state index is 0.0000557. The van der Waals surface area contributed by atoms with Crippen molar-refractivity contribution in [2.75, 3.05) is 30.3 Å². The van der Waals surface area contributed by atoms with Crippen LogP contribution in [0.5, 0.6) is 11.5 Å². The van der Waals surface area contributed by atoms with Gasteiger partial charge in [-0.05, 0) is 99.1 Å². The molecule has 0 radical (unpaired) electrons. The quantitative estimate of drug-likeness (QED) is 0.0267. The molecule has 14 amide bonds. The second-order valence-corrected chi connectivity index (χ2v) is 29.0. The first-order valence-electron chi connectivity index (χ1n) is 30.9. The number of nitrogens with two attached hydrogens (primary N) is 2. The van der Waals surface area contributed by atoms with E-state index in [1.54, 1.807) is 0 Å². The summed E-state index contributed by atoms with van der Waals surface area (Å²) in [5.74, 6) is -17.4. The Balaban J connectivity index is 1.43. The number of aliphatic hydroxyl groups excluding tert-OH is 1. The van der Waals surface area contributed by atoms with Crippen LogP contribution in [0.25, 0.3) is 0 Å². The molecule has 4 rings (SSSR count). The molecule has 0 unspecified atom stereocenters. The molecule has 36 nitrogen and oxygen atoms in total. The summed E-state index contributed by atoms with van der Waals surface area (Å²) >= 11 is 4.02. The second kappa shape index (κ2) is 41.1. The number of hydrogen-bond acceptors (Lipinski definition) is 25. The number of thiol groups is 1. The molecular weight excluding hydrogens is 1420 g/mol. The molecular formula is C59H83N15O21S5. The van der Waals surface area contributed by atoms with Gasteiger partial charge in [0, 0.05) is 43.1 Å². The molecule has 2 aliphatic rings. The molecule has 2 aromatic rings. The predicted molar refractivity (Wildman–Crippen MR) is 367 cm³/mol. The largest absolute Gasteiger partial charge is 0.508 e. The Morgan fingerprint density at radius 3 is 1.80 bits per heavy atom. The van der Waals surface area contributed by atoms with Crippen LogP contribution in [0.1, 0.15) is 77.8 Å². The van der Waals surface area contributed by atoms with E-state index in [4.69, 9.17) is 11.5 Å². The number of carboxylic acids is 2. The Bertz CT molecular complexity index is 3310. The highest BCUT2D eigenvalue weighted by molar-refractivity contribution is 9.05. The van der Waals surface area contributed by atoms with Crippen molar-refractivity contribution in [2.45, 2.75) is 164 Å². The van der Waals surface area contributed by atoms with Crippen molar-refractivity contribution in [3.05, 3.63) is 59.7 Å². The number of aliphatic carboxylic acids is 2. The van der Waals surface area contributed by atoms with E-state index in [9.17, 15) is 102 Å². The minimum Gasteiger partial charge on any atom is -0.508 e. The molecule has 41 heteroatoms. The summed E-state index contributed by atoms with van der Waals surface area (Å²) in [6.45, 7) is 5.12. The topological polar surface area (TPSA) is 574 Å². The maximum Gasteiger partial charge on any atom is 0.326 e. The Labute approximate surface area is 593 Å². The van der Waals surface area contributed by atoms with Gasteiger partial charge >= 0.3 is 11.9 Å². The number of nitrogens with one attached hydrogen (secondary N) is 12. The lowest BCUT2D eigenvalue weighted by Crippen LogP contribution is -2.61. The highest BCUT2D eigenvalue weighted by Gasteiger charge is 2.41. The molecule has 0 spiro atoms. The van der Waals surface area contributed by atoms with E-state index in [0.29, 0.717) is 11.1 Å². The van der Waals surface area contributed by atoms with Crippen LogP contribution in [0, 0.1) is 0 Å². The smallest absolute Gasteiger partial charge is 0.326 e. The summed E-state index contributed by atoms with van der Waals surface area (Å²) in [5, 5.41) is 77.9. The maximum atomic E-state index is 14.4. The van der Waals surface area contributed by atoms with Gasteiger partial charge in [0.2, 0.25) is 82.7 Å². The molecule has 0 saturated carbocycles. The number of nitrogens with zero attached hydrogens (tertiary/aromatic N) is 1. The Morgan fingerprint density at radius 1 is 0.650 bits per heavy atom. The number of aromatic hydroxyl groups is 2. The van der Waals surface area contributed by atoms with E-state index in [2.05, 4.69) is 75.5 Å². The number of rotatable bonds is 29. The van der Waals surface area contributed by atoms with E-state index in [1.165, 1.54) is 76.2 Å². The summed E-state index contributed by atoms with van der Waals surface area (Å²) in [5.41, 5.74) is 12.5. The van der Waals surface area contributed by atoms with Crippen LogP contribution >= 0.6 is 53.9 Å². The van der Waals surface area contributed by atoms with E-state index >= 15 is 0 Å². The van der Waals surface area contributed by atoms with Crippen LogP contribution in [0.4, 0.5) is 0 Å². The number of carbonyl (C=O) groups excluding carboxylic acids is 14. The van der Waals surface area contributed by atoms with Crippen molar-refractivity contribution in [2.24, 2.45) is 11.5 Å². The summed E-state index contributed by atoms with van der Waals surface area (Å²) in [6, 6.07) is -8.42. The molecule has 2 fully saturated rings. The number of amides is 14. The van der Waals surface area contributed by atoms with Crippen LogP contribution in [0.15, 0.2) is 48.5 Å². The van der Waals surface area contributed by atoms with Gasteiger partial charge in [0.25, 0.3) is 0 Å². The van der Waals surface area contributed by atoms with Gasteiger partial charge in [-0.2, -0.15) is 0 Å². The number of phenolic OH excluding ortho intramolecular Hbond substituents is 2. The molecule has 2 saturated heterocycles. The summed E-state index contributed by atoms with van der Waals surface area (Å²) in [4.78, 5) is 215. The monoisotopic (exact) mass is 1500 g/mol. The first-order valence-corrected chi connectivity index (χ1v) is 36.8. The normalized spacial score (nSPS) is 21.6. The van der Waals surface area contributed by atoms with E-state index in [1.807, 2.05) is 0 Å². The third kappa shape index (κ3) is 27.7. The SMILES string of the molecule is C[C@H](NC(=O)[C@H](C)NC(=O)[C@@H]1CCCN1C(=O)[C@H](CC(N)=O)NC(=O)[C@@H]1CSSC[C@H](N)C(=O)N[C@@H](C)C(=O)N[C@@H](CCC(=O)O)C(=O)N[C@@H](Cc2ccc(O)cc2)C(=O)N[C@@H](C)C(=O)N1)C(=O)N[C@H](C(=O)NCC(=O)N[C@@H](CSSS)C(=O)N[C@@H](Cc1ccc(O)cc1)C(=O)O)[C@H](C)O. The first kappa shape index (κ1) is 83.6. The van der Waals surface area contributed by atoms with Crippen molar-refractivity contribution in [1.82, 2.24) is 68.7 Å². The first-order chi connectivity index (χ1) is 47.1. The number of primary amides is 1. The number of benzene rings is 2. The van der Waals surface area contributed by atoms with Crippen molar-refractivity contribution in [1.29, 1.82) is 0 Å². The fraction of sp³-hybridized carbons (Fsp3) is 0.525. The Morgan fingerprint density at radius 2 is 1.21 bits per heavy atom. The Hall–Kier alpha value is -8.77. The van der Waals surface area contributed by atoms with E-state index in [-0.39, 0.29) is 61.0 Å². The molecule has 550 valence electrons. The second-order valence-electron chi connectivity index (χ2n) is 23.2. The zero-order valence-corrected chi connectivity index (χ0v) is 58.8. The maximum absolute atomic E-state index is 14.4. The van der Waals surface area contributed by atoms with Gasteiger partial charge in [-0.25, -0.2) is 4.79 Å². The zero-order chi connectivity index (χ0) is 74.7. The van der Waals surface area contributed by atoms with Gasteiger partial charge in [0.1, 0.15) is 84.0 Å². The van der Waals surface area contributed by atoms with Gasteiger partial charge in [-0.1, -0.05) is 68.3 Å². The van der Waals surface area contributed by atoms with Gasteiger partial charge in [-0.15, -0.1) is 0 Å². The fourth-order valence-electron chi connectivity index (χ4n) is 9.52. The van der Waals surface area contributed by atoms with Gasteiger partial charge in [-0.3, -0.25) is 71.9 Å². The number of phenols is 2. The summed E-state index contributed by atoms with van der Waals surface area (Å²) in [6.07, 6.45) is -3.82. The van der Waals surface area contributed by atoms with Crippen molar-refractivity contribution < 1.29 is 102 Å². The van der Waals surface area contributed by atoms with Crippen molar-refractivity contribution in [3.63, 3.8) is 0 Å². The third-order valence-corrected chi connectivity index (χ3v) is 19.8. The summed E-state index contributed by atoms with van der Waals surface area (Å²) in [7, 11) is 3.81. The molecule has 2 heterocycles.